The largest absolute Gasteiger partial charge is 0.423 e. The molecule has 0 saturated heterocycles. The molecule has 4 fully saturated rings. The molecule has 1 heterocycles. The van der Waals surface area contributed by atoms with Gasteiger partial charge in [0, 0.05) is 0 Å². The first-order chi connectivity index (χ1) is 11.4. The van der Waals surface area contributed by atoms with Crippen molar-refractivity contribution in [1.29, 1.82) is 0 Å². The van der Waals surface area contributed by atoms with Crippen LogP contribution in [0.4, 0.5) is 6.01 Å². The quantitative estimate of drug-likeness (QED) is 0.866. The summed E-state index contributed by atoms with van der Waals surface area (Å²) >= 11 is 0. The fourth-order valence-corrected chi connectivity index (χ4v) is 6.86. The average Bonchev–Trinajstić information content (AvgIpc) is 2.85. The van der Waals surface area contributed by atoms with Crippen molar-refractivity contribution in [1.82, 2.24) is 4.98 Å². The maximum atomic E-state index is 13.2. The van der Waals surface area contributed by atoms with Crippen molar-refractivity contribution in [2.75, 3.05) is 5.32 Å². The van der Waals surface area contributed by atoms with Crippen LogP contribution in [0.3, 0.4) is 0 Å². The number of benzene rings is 1. The first-order valence-electron chi connectivity index (χ1n) is 9.04. The van der Waals surface area contributed by atoms with Gasteiger partial charge in [-0.15, -0.1) is 0 Å². The molecule has 1 aromatic heterocycles. The van der Waals surface area contributed by atoms with E-state index in [0.717, 1.165) is 30.4 Å². The number of carbonyl (C=O) groups excluding carboxylic acids is 1. The molecule has 4 nitrogen and oxygen atoms in total. The number of anilines is 1. The van der Waals surface area contributed by atoms with Crippen LogP contribution in [0.15, 0.2) is 28.7 Å². The minimum Gasteiger partial charge on any atom is -0.423 e. The van der Waals surface area contributed by atoms with Crippen LogP contribution in [0.25, 0.3) is 11.1 Å². The van der Waals surface area contributed by atoms with E-state index in [4.69, 9.17) is 4.42 Å². The molecule has 1 amide bonds. The van der Waals surface area contributed by atoms with Crippen molar-refractivity contribution in [3.05, 3.63) is 24.3 Å². The summed E-state index contributed by atoms with van der Waals surface area (Å²) < 4.78 is 5.71. The van der Waals surface area contributed by atoms with Crippen LogP contribution in [0.5, 0.6) is 0 Å². The van der Waals surface area contributed by atoms with E-state index in [1.165, 1.54) is 19.3 Å². The molecule has 6 rings (SSSR count). The number of fused-ring (bicyclic) bond motifs is 1. The number of aromatic nitrogens is 1. The van der Waals surface area contributed by atoms with Gasteiger partial charge < -0.3 is 4.42 Å². The smallest absolute Gasteiger partial charge is 0.302 e. The minimum atomic E-state index is -0.233. The van der Waals surface area contributed by atoms with Gasteiger partial charge in [0.05, 0.1) is 5.41 Å². The van der Waals surface area contributed by atoms with Gasteiger partial charge in [-0.1, -0.05) is 26.0 Å². The second-order valence-electron chi connectivity index (χ2n) is 9.35. The number of para-hydroxylation sites is 2. The van der Waals surface area contributed by atoms with Crippen LogP contribution in [0.2, 0.25) is 0 Å². The lowest BCUT2D eigenvalue weighted by Crippen LogP contribution is -2.58. The molecular weight excluding hydrogens is 300 g/mol. The number of nitrogens with one attached hydrogen (secondary N) is 1. The zero-order valence-electron chi connectivity index (χ0n) is 14.4. The van der Waals surface area contributed by atoms with Gasteiger partial charge in [0.15, 0.2) is 5.58 Å². The molecule has 1 aromatic carbocycles. The van der Waals surface area contributed by atoms with E-state index in [2.05, 4.69) is 24.1 Å². The van der Waals surface area contributed by atoms with Crippen LogP contribution < -0.4 is 5.32 Å². The summed E-state index contributed by atoms with van der Waals surface area (Å²) in [4.78, 5) is 17.6. The third-order valence-corrected chi connectivity index (χ3v) is 6.62. The summed E-state index contributed by atoms with van der Waals surface area (Å²) in [7, 11) is 0. The Bertz CT molecular complexity index is 788. The Kier molecular flexibility index (Phi) is 2.66. The molecule has 0 spiro atoms. The maximum Gasteiger partial charge on any atom is 0.302 e. The van der Waals surface area contributed by atoms with Crippen LogP contribution in [0.1, 0.15) is 52.4 Å². The lowest BCUT2D eigenvalue weighted by Gasteiger charge is -2.64. The summed E-state index contributed by atoms with van der Waals surface area (Å²) in [5, 5.41) is 3.01. The third-order valence-electron chi connectivity index (χ3n) is 6.62. The van der Waals surface area contributed by atoms with Crippen molar-refractivity contribution < 1.29 is 9.21 Å². The number of rotatable bonds is 2. The van der Waals surface area contributed by atoms with E-state index in [0.29, 0.717) is 22.8 Å². The van der Waals surface area contributed by atoms with Gasteiger partial charge in [-0.25, -0.2) is 0 Å². The second kappa shape index (κ2) is 4.41. The molecular formula is C20H24N2O2. The summed E-state index contributed by atoms with van der Waals surface area (Å²) in [6.45, 7) is 4.77. The third kappa shape index (κ3) is 2.04. The highest BCUT2D eigenvalue weighted by Crippen LogP contribution is 2.69. The van der Waals surface area contributed by atoms with Gasteiger partial charge in [0.25, 0.3) is 0 Å². The maximum absolute atomic E-state index is 13.2. The Morgan fingerprint density at radius 3 is 2.50 bits per heavy atom. The van der Waals surface area contributed by atoms with Gasteiger partial charge >= 0.3 is 6.01 Å². The molecule has 2 aromatic rings. The number of hydrogen-bond acceptors (Lipinski definition) is 3. The fraction of sp³-hybridized carbons (Fsp3) is 0.600. The summed E-state index contributed by atoms with van der Waals surface area (Å²) in [6, 6.07) is 7.97. The molecule has 1 N–H and O–H groups in total. The van der Waals surface area contributed by atoms with Crippen molar-refractivity contribution in [2.24, 2.45) is 22.2 Å². The standard InChI is InChI=1S/C20H24N2O2/c1-18-7-13-8-19(2,10-18)12-20(9-13,11-18)16(23)22-17-21-14-5-3-4-6-15(14)24-17/h3-6,13H,7-12H2,1-2H3,(H,21,22,23). The van der Waals surface area contributed by atoms with Crippen molar-refractivity contribution in [2.45, 2.75) is 52.4 Å². The SMILES string of the molecule is CC12CC3CC(C)(C1)CC(C(=O)Nc1nc4ccccc4o1)(C3)C2. The Balaban J connectivity index is 1.46. The Labute approximate surface area is 142 Å². The first-order valence-corrected chi connectivity index (χ1v) is 9.04. The zero-order valence-corrected chi connectivity index (χ0v) is 14.4. The van der Waals surface area contributed by atoms with Gasteiger partial charge in [-0.2, -0.15) is 4.98 Å². The molecule has 4 bridgehead atoms. The number of hydrogen-bond donors (Lipinski definition) is 1. The molecule has 2 unspecified atom stereocenters. The molecule has 24 heavy (non-hydrogen) atoms. The van der Waals surface area contributed by atoms with E-state index in [-0.39, 0.29) is 11.3 Å². The monoisotopic (exact) mass is 324 g/mol. The molecule has 4 aliphatic rings. The predicted molar refractivity (Wildman–Crippen MR) is 92.5 cm³/mol. The van der Waals surface area contributed by atoms with E-state index in [1.54, 1.807) is 0 Å². The van der Waals surface area contributed by atoms with Crippen molar-refractivity contribution in [3.63, 3.8) is 0 Å². The lowest BCUT2D eigenvalue weighted by atomic mass is 9.40. The van der Waals surface area contributed by atoms with Gasteiger partial charge in [0.2, 0.25) is 5.91 Å². The van der Waals surface area contributed by atoms with E-state index in [1.807, 2.05) is 24.3 Å². The number of oxazole rings is 1. The topological polar surface area (TPSA) is 55.1 Å². The summed E-state index contributed by atoms with van der Waals surface area (Å²) in [5.41, 5.74) is 1.93. The molecule has 2 atom stereocenters. The van der Waals surface area contributed by atoms with Gasteiger partial charge in [-0.3, -0.25) is 10.1 Å². The highest BCUT2D eigenvalue weighted by Gasteiger charge is 2.62. The van der Waals surface area contributed by atoms with Crippen LogP contribution >= 0.6 is 0 Å². The number of nitrogens with zero attached hydrogens (tertiary/aromatic N) is 1. The van der Waals surface area contributed by atoms with Gasteiger partial charge in [-0.05, 0) is 67.4 Å². The van der Waals surface area contributed by atoms with Gasteiger partial charge in [0.1, 0.15) is 5.52 Å². The second-order valence-corrected chi connectivity index (χ2v) is 9.35. The normalized spacial score (nSPS) is 40.2. The molecule has 0 radical (unpaired) electrons. The van der Waals surface area contributed by atoms with E-state index >= 15 is 0 Å². The lowest BCUT2D eigenvalue weighted by molar-refractivity contribution is -0.165. The van der Waals surface area contributed by atoms with E-state index < -0.39 is 0 Å². The van der Waals surface area contributed by atoms with Crippen LogP contribution in [-0.2, 0) is 4.79 Å². The molecule has 126 valence electrons. The zero-order chi connectivity index (χ0) is 16.6. The Morgan fingerprint density at radius 1 is 1.12 bits per heavy atom. The summed E-state index contributed by atoms with van der Waals surface area (Å²) in [6.07, 6.45) is 6.91. The minimum absolute atomic E-state index is 0.121. The predicted octanol–water partition coefficient (Wildman–Crippen LogP) is 4.76. The highest BCUT2D eigenvalue weighted by molar-refractivity contribution is 5.95. The molecule has 4 saturated carbocycles. The molecule has 4 heteroatoms. The van der Waals surface area contributed by atoms with Crippen LogP contribution in [-0.4, -0.2) is 10.9 Å². The Hall–Kier alpha value is -1.84. The average molecular weight is 324 g/mol. The molecule has 0 aliphatic heterocycles. The number of carbonyl (C=O) groups is 1. The Morgan fingerprint density at radius 2 is 1.83 bits per heavy atom. The van der Waals surface area contributed by atoms with Crippen molar-refractivity contribution >= 4 is 23.0 Å². The van der Waals surface area contributed by atoms with E-state index in [9.17, 15) is 4.79 Å². The highest BCUT2D eigenvalue weighted by atomic mass is 16.4. The summed E-state index contributed by atoms with van der Waals surface area (Å²) in [5.74, 6) is 0.821. The number of amides is 1. The first kappa shape index (κ1) is 14.5. The fourth-order valence-electron chi connectivity index (χ4n) is 6.86. The van der Waals surface area contributed by atoms with Crippen molar-refractivity contribution in [3.8, 4) is 0 Å². The van der Waals surface area contributed by atoms with Crippen LogP contribution in [0, 0.1) is 22.2 Å². The molecule has 4 aliphatic carbocycles.